The molecule has 1 rings (SSSR count). The summed E-state index contributed by atoms with van der Waals surface area (Å²) in [6.07, 6.45) is 2.21. The van der Waals surface area contributed by atoms with Crippen LogP contribution in [0.15, 0.2) is 22.2 Å². The first-order valence-corrected chi connectivity index (χ1v) is 7.21. The molecule has 0 saturated heterocycles. The molecule has 1 aromatic heterocycles. The van der Waals surface area contributed by atoms with Gasteiger partial charge in [0.1, 0.15) is 0 Å². The van der Waals surface area contributed by atoms with Gasteiger partial charge in [-0.05, 0) is 12.3 Å². The van der Waals surface area contributed by atoms with Crippen molar-refractivity contribution >= 4 is 23.7 Å². The van der Waals surface area contributed by atoms with Gasteiger partial charge in [-0.2, -0.15) is 0 Å². The van der Waals surface area contributed by atoms with Crippen molar-refractivity contribution in [2.24, 2.45) is 5.92 Å². The number of hydrogen-bond acceptors (Lipinski definition) is 5. The van der Waals surface area contributed by atoms with Gasteiger partial charge >= 0.3 is 6.03 Å². The first kappa shape index (κ1) is 16.2. The van der Waals surface area contributed by atoms with Crippen molar-refractivity contribution in [2.45, 2.75) is 25.4 Å². The molecule has 20 heavy (non-hydrogen) atoms. The van der Waals surface area contributed by atoms with Gasteiger partial charge < -0.3 is 10.3 Å². The molecule has 8 heteroatoms. The van der Waals surface area contributed by atoms with Gasteiger partial charge in [0.2, 0.25) is 5.91 Å². The zero-order valence-electron chi connectivity index (χ0n) is 11.4. The van der Waals surface area contributed by atoms with Crippen molar-refractivity contribution in [3.63, 3.8) is 0 Å². The third-order valence-corrected chi connectivity index (χ3v) is 3.14. The Labute approximate surface area is 120 Å². The highest BCUT2D eigenvalue weighted by molar-refractivity contribution is 7.99. The lowest BCUT2D eigenvalue weighted by atomic mass is 10.1. The normalized spacial score (nSPS) is 10.3. The van der Waals surface area contributed by atoms with E-state index in [1.165, 1.54) is 12.3 Å². The maximum Gasteiger partial charge on any atom is 0.321 e. The number of carbonyl (C=O) groups is 2. The molecule has 0 saturated carbocycles. The molecule has 0 fully saturated rings. The van der Waals surface area contributed by atoms with Crippen LogP contribution in [0.25, 0.3) is 0 Å². The second-order valence-electron chi connectivity index (χ2n) is 4.51. The number of nitrogens with zero attached hydrogens (tertiary/aromatic N) is 1. The molecule has 7 nitrogen and oxygen atoms in total. The zero-order valence-corrected chi connectivity index (χ0v) is 12.3. The molecule has 0 atom stereocenters. The molecule has 3 N–H and O–H groups in total. The van der Waals surface area contributed by atoms with Gasteiger partial charge in [-0.1, -0.05) is 25.6 Å². The summed E-state index contributed by atoms with van der Waals surface area (Å²) >= 11 is 1.05. The van der Waals surface area contributed by atoms with E-state index in [4.69, 9.17) is 0 Å². The van der Waals surface area contributed by atoms with Gasteiger partial charge in [-0.15, -0.1) is 0 Å². The highest BCUT2D eigenvalue weighted by Gasteiger charge is 2.08. The average molecular weight is 298 g/mol. The molecule has 0 spiro atoms. The van der Waals surface area contributed by atoms with Crippen LogP contribution >= 0.6 is 11.8 Å². The van der Waals surface area contributed by atoms with Crippen LogP contribution in [0.1, 0.15) is 20.3 Å². The predicted octanol–water partition coefficient (Wildman–Crippen LogP) is 0.734. The average Bonchev–Trinajstić information content (AvgIpc) is 2.36. The minimum absolute atomic E-state index is 0.00452. The quantitative estimate of drug-likeness (QED) is 0.530. The number of aromatic nitrogens is 2. The summed E-state index contributed by atoms with van der Waals surface area (Å²) in [6.45, 7) is 4.63. The summed E-state index contributed by atoms with van der Waals surface area (Å²) in [4.78, 5) is 40.2. The van der Waals surface area contributed by atoms with Crippen LogP contribution < -0.4 is 16.2 Å². The number of amides is 3. The van der Waals surface area contributed by atoms with Gasteiger partial charge in [0.15, 0.2) is 5.16 Å². The standard InChI is InChI=1S/C12H18N4O3S/c1-8(2)3-5-13-11(19)15-10(18)7-20-12-14-6-4-9(17)16-12/h4,6,8H,3,5,7H2,1-2H3,(H,14,16,17)(H2,13,15,18,19). The number of aromatic amines is 1. The Balaban J connectivity index is 2.26. The van der Waals surface area contributed by atoms with Crippen LogP contribution in [-0.4, -0.2) is 34.2 Å². The van der Waals surface area contributed by atoms with E-state index >= 15 is 0 Å². The molecule has 0 aliphatic heterocycles. The fraction of sp³-hybridized carbons (Fsp3) is 0.500. The number of thioether (sulfide) groups is 1. The zero-order chi connectivity index (χ0) is 15.0. The van der Waals surface area contributed by atoms with Gasteiger partial charge in [0, 0.05) is 18.8 Å². The van der Waals surface area contributed by atoms with Crippen LogP contribution in [0.4, 0.5) is 4.79 Å². The van der Waals surface area contributed by atoms with E-state index in [0.29, 0.717) is 17.6 Å². The second kappa shape index (κ2) is 8.36. The molecule has 0 radical (unpaired) electrons. The summed E-state index contributed by atoms with van der Waals surface area (Å²) < 4.78 is 0. The van der Waals surface area contributed by atoms with E-state index in [1.807, 2.05) is 0 Å². The van der Waals surface area contributed by atoms with Crippen molar-refractivity contribution in [3.8, 4) is 0 Å². The Hall–Kier alpha value is -1.83. The fourth-order valence-corrected chi connectivity index (χ4v) is 1.89. The Morgan fingerprint density at radius 3 is 2.85 bits per heavy atom. The largest absolute Gasteiger partial charge is 0.338 e. The van der Waals surface area contributed by atoms with Crippen molar-refractivity contribution in [2.75, 3.05) is 12.3 Å². The number of rotatable bonds is 6. The number of urea groups is 1. The minimum Gasteiger partial charge on any atom is -0.338 e. The first-order chi connectivity index (χ1) is 9.47. The van der Waals surface area contributed by atoms with Crippen LogP contribution in [0.2, 0.25) is 0 Å². The van der Waals surface area contributed by atoms with Crippen molar-refractivity contribution < 1.29 is 9.59 Å². The first-order valence-electron chi connectivity index (χ1n) is 6.23. The van der Waals surface area contributed by atoms with E-state index < -0.39 is 11.9 Å². The highest BCUT2D eigenvalue weighted by Crippen LogP contribution is 2.08. The number of nitrogens with one attached hydrogen (secondary N) is 3. The van der Waals surface area contributed by atoms with Crippen LogP contribution in [0.3, 0.4) is 0 Å². The van der Waals surface area contributed by atoms with Crippen LogP contribution in [0.5, 0.6) is 0 Å². The number of imide groups is 1. The Kier molecular flexibility index (Phi) is 6.78. The summed E-state index contributed by atoms with van der Waals surface area (Å²) in [5.74, 6) is 0.0518. The summed E-state index contributed by atoms with van der Waals surface area (Å²) in [5.41, 5.74) is -0.283. The Bertz CT molecular complexity index is 515. The van der Waals surface area contributed by atoms with E-state index in [0.717, 1.165) is 18.2 Å². The molecule has 0 aliphatic carbocycles. The number of H-pyrrole nitrogens is 1. The number of hydrogen-bond donors (Lipinski definition) is 3. The van der Waals surface area contributed by atoms with Gasteiger partial charge in [0.25, 0.3) is 5.56 Å². The fourth-order valence-electron chi connectivity index (χ4n) is 1.24. The van der Waals surface area contributed by atoms with Gasteiger partial charge in [-0.25, -0.2) is 9.78 Å². The van der Waals surface area contributed by atoms with Crippen LogP contribution in [0, 0.1) is 5.92 Å². The molecule has 0 bridgehead atoms. The van der Waals surface area contributed by atoms with Crippen molar-refractivity contribution in [1.29, 1.82) is 0 Å². The van der Waals surface area contributed by atoms with E-state index in [9.17, 15) is 14.4 Å². The highest BCUT2D eigenvalue weighted by atomic mass is 32.2. The molecule has 1 heterocycles. The maximum absolute atomic E-state index is 11.5. The van der Waals surface area contributed by atoms with Crippen molar-refractivity contribution in [1.82, 2.24) is 20.6 Å². The predicted molar refractivity (Wildman–Crippen MR) is 76.6 cm³/mol. The summed E-state index contributed by atoms with van der Waals surface area (Å²) in [7, 11) is 0. The SMILES string of the molecule is CC(C)CCNC(=O)NC(=O)CSc1nccc(=O)[nH]1. The molecule has 0 aromatic carbocycles. The molecular formula is C12H18N4O3S. The molecule has 3 amide bonds. The molecule has 110 valence electrons. The van der Waals surface area contributed by atoms with Gasteiger partial charge in [-0.3, -0.25) is 14.9 Å². The summed E-state index contributed by atoms with van der Waals surface area (Å²) in [5, 5.41) is 5.15. The van der Waals surface area contributed by atoms with E-state index in [2.05, 4.69) is 34.4 Å². The Morgan fingerprint density at radius 2 is 2.20 bits per heavy atom. The molecule has 0 unspecified atom stereocenters. The topological polar surface area (TPSA) is 104 Å². The Morgan fingerprint density at radius 1 is 1.45 bits per heavy atom. The van der Waals surface area contributed by atoms with Gasteiger partial charge in [0.05, 0.1) is 5.75 Å². The summed E-state index contributed by atoms with van der Waals surface area (Å²) in [6, 6.07) is 0.775. The molecule has 1 aromatic rings. The monoisotopic (exact) mass is 298 g/mol. The maximum atomic E-state index is 11.5. The lowest BCUT2D eigenvalue weighted by Crippen LogP contribution is -2.40. The van der Waals surface area contributed by atoms with Crippen LogP contribution in [-0.2, 0) is 4.79 Å². The second-order valence-corrected chi connectivity index (χ2v) is 5.48. The van der Waals surface area contributed by atoms with E-state index in [1.54, 1.807) is 0 Å². The molecule has 0 aliphatic rings. The van der Waals surface area contributed by atoms with Crippen molar-refractivity contribution in [3.05, 3.63) is 22.6 Å². The lowest BCUT2D eigenvalue weighted by molar-refractivity contribution is -0.117. The third kappa shape index (κ3) is 6.93. The lowest BCUT2D eigenvalue weighted by Gasteiger charge is -2.07. The number of carbonyl (C=O) groups excluding carboxylic acids is 2. The third-order valence-electron chi connectivity index (χ3n) is 2.25. The molecular weight excluding hydrogens is 280 g/mol. The minimum atomic E-state index is -0.509. The smallest absolute Gasteiger partial charge is 0.321 e. The van der Waals surface area contributed by atoms with E-state index in [-0.39, 0.29) is 11.3 Å².